The first-order chi connectivity index (χ1) is 20.4. The van der Waals surface area contributed by atoms with Crippen LogP contribution in [0.15, 0.2) is 35.3 Å². The Morgan fingerprint density at radius 1 is 1.02 bits per heavy atom. The van der Waals surface area contributed by atoms with Crippen molar-refractivity contribution >= 4 is 35.5 Å². The lowest BCUT2D eigenvalue weighted by atomic mass is 9.91. The molecule has 13 nitrogen and oxygen atoms in total. The van der Waals surface area contributed by atoms with Gasteiger partial charge in [-0.05, 0) is 51.0 Å². The highest BCUT2D eigenvalue weighted by atomic mass is 16.2. The normalized spacial score (nSPS) is 24.8. The zero-order chi connectivity index (χ0) is 32.0. The van der Waals surface area contributed by atoms with Crippen molar-refractivity contribution in [2.75, 3.05) is 20.1 Å². The Morgan fingerprint density at radius 2 is 1.70 bits per heavy atom. The zero-order valence-electron chi connectivity index (χ0n) is 25.9. The van der Waals surface area contributed by atoms with E-state index >= 15 is 0 Å². The molecule has 1 saturated heterocycles. The molecular weight excluding hydrogens is 552 g/mol. The highest BCUT2D eigenvalue weighted by Gasteiger charge is 2.38. The molecule has 8 N–H and O–H groups in total. The van der Waals surface area contributed by atoms with Crippen molar-refractivity contribution in [3.05, 3.63) is 35.9 Å². The molecule has 2 rings (SSSR count). The quantitative estimate of drug-likeness (QED) is 0.127. The van der Waals surface area contributed by atoms with Crippen LogP contribution in [0.1, 0.15) is 77.8 Å². The summed E-state index contributed by atoms with van der Waals surface area (Å²) in [6.45, 7) is 7.54. The third kappa shape index (κ3) is 10.9. The van der Waals surface area contributed by atoms with Crippen LogP contribution in [-0.2, 0) is 24.0 Å². The van der Waals surface area contributed by atoms with Crippen LogP contribution in [-0.4, -0.2) is 73.3 Å². The Labute approximate surface area is 254 Å². The summed E-state index contributed by atoms with van der Waals surface area (Å²) in [5.74, 6) is -2.40. The van der Waals surface area contributed by atoms with Crippen molar-refractivity contribution in [1.29, 1.82) is 0 Å². The molecule has 4 atom stereocenters. The lowest BCUT2D eigenvalue weighted by Crippen LogP contribution is -2.62. The topological polar surface area (TPSA) is 196 Å². The highest BCUT2D eigenvalue weighted by Crippen LogP contribution is 2.18. The summed E-state index contributed by atoms with van der Waals surface area (Å²) in [5.41, 5.74) is 5.00. The predicted molar refractivity (Wildman–Crippen MR) is 165 cm³/mol. The molecule has 1 aromatic rings. The third-order valence-electron chi connectivity index (χ3n) is 7.39. The second-order valence-corrected chi connectivity index (χ2v) is 11.2. The van der Waals surface area contributed by atoms with Crippen molar-refractivity contribution in [1.82, 2.24) is 31.9 Å². The summed E-state index contributed by atoms with van der Waals surface area (Å²) >= 11 is 0. The van der Waals surface area contributed by atoms with Crippen molar-refractivity contribution in [3.8, 4) is 0 Å². The fourth-order valence-electron chi connectivity index (χ4n) is 4.57. The summed E-state index contributed by atoms with van der Waals surface area (Å²) in [4.78, 5) is 70.4. The fraction of sp³-hybridized carbons (Fsp3) is 0.600. The molecule has 43 heavy (non-hydrogen) atoms. The minimum Gasteiger partial charge on any atom is -0.370 e. The number of nitrogens with one attached hydrogen (secondary N) is 6. The van der Waals surface area contributed by atoms with E-state index in [1.54, 1.807) is 59.0 Å². The largest absolute Gasteiger partial charge is 0.370 e. The number of guanidine groups is 1. The minimum absolute atomic E-state index is 0.225. The SMILES string of the molecule is CCC1NC(=O)C(CCCNC(N)=NC)NC(=O)C(C)(NC(=O)C(C)C)CCCCNC(=O)C(c2ccccc2)NC1=O. The van der Waals surface area contributed by atoms with E-state index in [9.17, 15) is 24.0 Å². The number of nitrogens with zero attached hydrogens (tertiary/aromatic N) is 1. The molecule has 1 aromatic carbocycles. The number of carbonyl (C=O) groups excluding carboxylic acids is 5. The predicted octanol–water partition coefficient (Wildman–Crippen LogP) is 0.369. The number of aliphatic imine (C=N–C) groups is 1. The molecule has 0 spiro atoms. The van der Waals surface area contributed by atoms with Crippen LogP contribution in [0.25, 0.3) is 0 Å². The van der Waals surface area contributed by atoms with Crippen LogP contribution in [0.5, 0.6) is 0 Å². The molecule has 1 heterocycles. The first kappa shape index (κ1) is 35.0. The van der Waals surface area contributed by atoms with E-state index in [2.05, 4.69) is 36.9 Å². The maximum absolute atomic E-state index is 13.7. The van der Waals surface area contributed by atoms with Crippen LogP contribution in [0, 0.1) is 5.92 Å². The molecule has 0 aromatic heterocycles. The van der Waals surface area contributed by atoms with Crippen molar-refractivity contribution in [2.24, 2.45) is 16.6 Å². The monoisotopic (exact) mass is 600 g/mol. The summed E-state index contributed by atoms with van der Waals surface area (Å²) in [6.07, 6.45) is 2.22. The molecular formula is C30H48N8O5. The van der Waals surface area contributed by atoms with Gasteiger partial charge in [-0.15, -0.1) is 0 Å². The van der Waals surface area contributed by atoms with E-state index < -0.39 is 41.4 Å². The molecule has 1 aliphatic heterocycles. The Bertz CT molecular complexity index is 1140. The van der Waals surface area contributed by atoms with Gasteiger partial charge in [-0.25, -0.2) is 0 Å². The Morgan fingerprint density at radius 3 is 2.33 bits per heavy atom. The van der Waals surface area contributed by atoms with Gasteiger partial charge >= 0.3 is 0 Å². The second kappa shape index (κ2) is 17.1. The van der Waals surface area contributed by atoms with E-state index in [1.165, 1.54) is 0 Å². The Hall–Kier alpha value is -4.16. The maximum Gasteiger partial charge on any atom is 0.247 e. The van der Waals surface area contributed by atoms with Crippen LogP contribution in [0.4, 0.5) is 0 Å². The first-order valence-corrected chi connectivity index (χ1v) is 14.9. The highest BCUT2D eigenvalue weighted by molar-refractivity contribution is 5.97. The average Bonchev–Trinajstić information content (AvgIpc) is 2.99. The smallest absolute Gasteiger partial charge is 0.247 e. The van der Waals surface area contributed by atoms with Crippen LogP contribution in [0.2, 0.25) is 0 Å². The van der Waals surface area contributed by atoms with Gasteiger partial charge in [0.2, 0.25) is 29.5 Å². The lowest BCUT2D eigenvalue weighted by molar-refractivity contribution is -0.137. The summed E-state index contributed by atoms with van der Waals surface area (Å²) in [7, 11) is 1.55. The van der Waals surface area contributed by atoms with Crippen molar-refractivity contribution < 1.29 is 24.0 Å². The summed E-state index contributed by atoms with van der Waals surface area (Å²) in [5, 5.41) is 17.0. The molecule has 4 unspecified atom stereocenters. The number of hydrogen-bond acceptors (Lipinski definition) is 6. The van der Waals surface area contributed by atoms with Gasteiger partial charge in [0.1, 0.15) is 23.7 Å². The van der Waals surface area contributed by atoms with Gasteiger partial charge in [-0.3, -0.25) is 29.0 Å². The average molecular weight is 601 g/mol. The Kier molecular flexibility index (Phi) is 13.9. The molecule has 1 fully saturated rings. The maximum atomic E-state index is 13.7. The molecule has 0 aliphatic carbocycles. The molecule has 0 radical (unpaired) electrons. The van der Waals surface area contributed by atoms with Crippen LogP contribution in [0.3, 0.4) is 0 Å². The van der Waals surface area contributed by atoms with Gasteiger partial charge < -0.3 is 37.6 Å². The molecule has 0 bridgehead atoms. The van der Waals surface area contributed by atoms with Crippen molar-refractivity contribution in [2.45, 2.75) is 89.9 Å². The van der Waals surface area contributed by atoms with Gasteiger partial charge in [0, 0.05) is 26.1 Å². The zero-order valence-corrected chi connectivity index (χ0v) is 25.9. The van der Waals surface area contributed by atoms with Gasteiger partial charge in [-0.2, -0.15) is 0 Å². The van der Waals surface area contributed by atoms with E-state index in [1.807, 2.05) is 6.07 Å². The van der Waals surface area contributed by atoms with Gasteiger partial charge in [0.25, 0.3) is 0 Å². The van der Waals surface area contributed by atoms with Crippen LogP contribution < -0.4 is 37.6 Å². The van der Waals surface area contributed by atoms with E-state index in [0.29, 0.717) is 37.9 Å². The number of carbonyl (C=O) groups is 5. The second-order valence-electron chi connectivity index (χ2n) is 11.2. The molecule has 13 heteroatoms. The number of nitrogens with two attached hydrogens (primary N) is 1. The number of rotatable bonds is 8. The van der Waals surface area contributed by atoms with Gasteiger partial charge in [-0.1, -0.05) is 51.1 Å². The van der Waals surface area contributed by atoms with E-state index in [4.69, 9.17) is 5.73 Å². The van der Waals surface area contributed by atoms with Crippen molar-refractivity contribution in [3.63, 3.8) is 0 Å². The minimum atomic E-state index is -1.31. The first-order valence-electron chi connectivity index (χ1n) is 14.9. The summed E-state index contributed by atoms with van der Waals surface area (Å²) < 4.78 is 0. The summed E-state index contributed by atoms with van der Waals surface area (Å²) in [6, 6.07) is 5.94. The van der Waals surface area contributed by atoms with E-state index in [-0.39, 0.29) is 43.0 Å². The molecule has 0 saturated carbocycles. The fourth-order valence-corrected chi connectivity index (χ4v) is 4.57. The lowest BCUT2D eigenvalue weighted by Gasteiger charge is -2.33. The van der Waals surface area contributed by atoms with Gasteiger partial charge in [0.15, 0.2) is 5.96 Å². The number of benzene rings is 1. The van der Waals surface area contributed by atoms with E-state index in [0.717, 1.165) is 0 Å². The Balaban J connectivity index is 2.40. The third-order valence-corrected chi connectivity index (χ3v) is 7.39. The van der Waals surface area contributed by atoms with Gasteiger partial charge in [0.05, 0.1) is 0 Å². The number of hydrogen-bond donors (Lipinski definition) is 7. The number of amides is 5. The standard InChI is InChI=1S/C30H48N8O5/c1-6-21-25(40)37-23(20-13-8-7-9-14-20)27(42)33-17-11-10-16-30(4,38-24(39)19(2)3)28(43)36-22(26(41)35-21)15-12-18-34-29(31)32-5/h7-9,13-14,19,21-23H,6,10-12,15-18H2,1-5H3,(H,33,42)(H,35,41)(H,36,43)(H,37,40)(H,38,39)(H3,31,32,34). The molecule has 238 valence electrons. The van der Waals surface area contributed by atoms with Crippen LogP contribution >= 0.6 is 0 Å². The molecule has 1 aliphatic rings. The molecule has 5 amide bonds.